The first-order valence-corrected chi connectivity index (χ1v) is 9.24. The van der Waals surface area contributed by atoms with Gasteiger partial charge in [0.1, 0.15) is 6.61 Å². The number of amides is 1. The van der Waals surface area contributed by atoms with E-state index in [1.807, 2.05) is 12.1 Å². The molecule has 0 atom stereocenters. The maximum Gasteiger partial charge on any atom is 0.410 e. The van der Waals surface area contributed by atoms with E-state index in [0.717, 1.165) is 24.9 Å². The molecule has 1 N–H and O–H groups in total. The van der Waals surface area contributed by atoms with E-state index in [1.54, 1.807) is 29.4 Å². The lowest BCUT2D eigenvalue weighted by molar-refractivity contribution is 0.0832. The van der Waals surface area contributed by atoms with Crippen LogP contribution in [0.3, 0.4) is 0 Å². The Labute approximate surface area is 162 Å². The lowest BCUT2D eigenvalue weighted by Gasteiger charge is -2.31. The largest absolute Gasteiger partial charge is 0.445 e. The number of hydrogen-bond donors (Lipinski definition) is 1. The smallest absolute Gasteiger partial charge is 0.410 e. The number of likely N-dealkylation sites (tertiary alicyclic amines) is 1. The summed E-state index contributed by atoms with van der Waals surface area (Å²) in [7, 11) is 0. The van der Waals surface area contributed by atoms with E-state index in [0.29, 0.717) is 35.0 Å². The summed E-state index contributed by atoms with van der Waals surface area (Å²) in [5.74, 6) is 1.05. The van der Waals surface area contributed by atoms with Crippen LogP contribution in [0.15, 0.2) is 36.7 Å². The predicted octanol–water partition coefficient (Wildman–Crippen LogP) is 4.24. The Bertz CT molecular complexity index is 734. The van der Waals surface area contributed by atoms with Crippen molar-refractivity contribution in [3.05, 3.63) is 52.4 Å². The summed E-state index contributed by atoms with van der Waals surface area (Å²) in [5.41, 5.74) is 0.919. The molecule has 1 saturated heterocycles. The Balaban J connectivity index is 1.39. The molecule has 1 fully saturated rings. The standard InChI is InChI=1S/C18H20Cl2N4O2/c19-15-3-1-14(2-4-15)12-26-18(25)24-9-5-13(6-10-24)11-23-17-16(20)21-7-8-22-17/h1-4,7-8,13H,5-6,9-12H2,(H,22,23). The molecule has 2 heterocycles. The number of nitrogens with one attached hydrogen (secondary N) is 1. The Morgan fingerprint density at radius 3 is 2.54 bits per heavy atom. The maximum atomic E-state index is 12.2. The van der Waals surface area contributed by atoms with Gasteiger partial charge in [-0.2, -0.15) is 0 Å². The van der Waals surface area contributed by atoms with Crippen LogP contribution in [0, 0.1) is 5.92 Å². The molecule has 0 saturated carbocycles. The molecule has 1 aliphatic heterocycles. The summed E-state index contributed by atoms with van der Waals surface area (Å²) in [6, 6.07) is 7.27. The van der Waals surface area contributed by atoms with Crippen LogP contribution in [-0.2, 0) is 11.3 Å². The third-order valence-electron chi connectivity index (χ3n) is 4.36. The van der Waals surface area contributed by atoms with Gasteiger partial charge in [-0.25, -0.2) is 14.8 Å². The molecule has 1 amide bonds. The van der Waals surface area contributed by atoms with E-state index in [-0.39, 0.29) is 12.7 Å². The molecule has 1 aromatic carbocycles. The fourth-order valence-corrected chi connectivity index (χ4v) is 3.12. The molecule has 0 unspecified atom stereocenters. The van der Waals surface area contributed by atoms with Crippen LogP contribution in [0.2, 0.25) is 10.2 Å². The summed E-state index contributed by atoms with van der Waals surface area (Å²) < 4.78 is 5.38. The van der Waals surface area contributed by atoms with Gasteiger partial charge in [-0.1, -0.05) is 35.3 Å². The molecule has 6 nitrogen and oxygen atoms in total. The van der Waals surface area contributed by atoms with Gasteiger partial charge in [-0.3, -0.25) is 0 Å². The van der Waals surface area contributed by atoms with Crippen LogP contribution >= 0.6 is 23.2 Å². The number of benzene rings is 1. The van der Waals surface area contributed by atoms with Crippen molar-refractivity contribution in [3.8, 4) is 0 Å². The highest BCUT2D eigenvalue weighted by atomic mass is 35.5. The quantitative estimate of drug-likeness (QED) is 0.820. The normalized spacial score (nSPS) is 14.9. The fourth-order valence-electron chi connectivity index (χ4n) is 2.82. The summed E-state index contributed by atoms with van der Waals surface area (Å²) in [4.78, 5) is 22.1. The summed E-state index contributed by atoms with van der Waals surface area (Å²) >= 11 is 11.8. The van der Waals surface area contributed by atoms with Crippen molar-refractivity contribution < 1.29 is 9.53 Å². The third kappa shape index (κ3) is 5.22. The monoisotopic (exact) mass is 394 g/mol. The van der Waals surface area contributed by atoms with Crippen LogP contribution in [-0.4, -0.2) is 40.6 Å². The zero-order chi connectivity index (χ0) is 18.4. The van der Waals surface area contributed by atoms with E-state index >= 15 is 0 Å². The summed E-state index contributed by atoms with van der Waals surface area (Å²) in [5, 5.41) is 4.26. The van der Waals surface area contributed by atoms with Crippen molar-refractivity contribution in [1.29, 1.82) is 0 Å². The maximum absolute atomic E-state index is 12.2. The highest BCUT2D eigenvalue weighted by molar-refractivity contribution is 6.31. The first kappa shape index (κ1) is 18.7. The SMILES string of the molecule is O=C(OCc1ccc(Cl)cc1)N1CCC(CNc2nccnc2Cl)CC1. The minimum Gasteiger partial charge on any atom is -0.445 e. The van der Waals surface area contributed by atoms with E-state index in [2.05, 4.69) is 15.3 Å². The molecule has 0 aliphatic carbocycles. The van der Waals surface area contributed by atoms with Gasteiger partial charge in [-0.05, 0) is 36.5 Å². The van der Waals surface area contributed by atoms with Gasteiger partial charge in [0.25, 0.3) is 0 Å². The number of piperidine rings is 1. The Hall–Kier alpha value is -2.05. The zero-order valence-corrected chi connectivity index (χ0v) is 15.7. The molecule has 0 radical (unpaired) electrons. The number of halogens is 2. The molecule has 138 valence electrons. The van der Waals surface area contributed by atoms with Crippen molar-refractivity contribution in [2.75, 3.05) is 25.0 Å². The van der Waals surface area contributed by atoms with Gasteiger partial charge in [0, 0.05) is 37.1 Å². The van der Waals surface area contributed by atoms with E-state index in [4.69, 9.17) is 27.9 Å². The molecule has 0 bridgehead atoms. The van der Waals surface area contributed by atoms with Gasteiger partial charge < -0.3 is 15.0 Å². The second-order valence-corrected chi connectivity index (χ2v) is 6.98. The average Bonchev–Trinajstić information content (AvgIpc) is 2.67. The van der Waals surface area contributed by atoms with Crippen LogP contribution in [0.4, 0.5) is 10.6 Å². The molecule has 1 aliphatic rings. The van der Waals surface area contributed by atoms with Crippen molar-refractivity contribution in [2.45, 2.75) is 19.4 Å². The number of hydrogen-bond acceptors (Lipinski definition) is 5. The van der Waals surface area contributed by atoms with Crippen molar-refractivity contribution in [2.24, 2.45) is 5.92 Å². The van der Waals surface area contributed by atoms with Gasteiger partial charge in [0.05, 0.1) is 0 Å². The van der Waals surface area contributed by atoms with Crippen LogP contribution < -0.4 is 5.32 Å². The number of nitrogens with zero attached hydrogens (tertiary/aromatic N) is 3. The number of carbonyl (C=O) groups excluding carboxylic acids is 1. The second-order valence-electron chi connectivity index (χ2n) is 6.19. The highest BCUT2D eigenvalue weighted by Gasteiger charge is 2.24. The molecule has 1 aromatic heterocycles. The molecule has 2 aromatic rings. The molecular formula is C18H20Cl2N4O2. The topological polar surface area (TPSA) is 67.3 Å². The number of rotatable bonds is 5. The molecule has 3 rings (SSSR count). The molecule has 26 heavy (non-hydrogen) atoms. The second kappa shape index (κ2) is 9.05. The van der Waals surface area contributed by atoms with Gasteiger partial charge in [0.2, 0.25) is 0 Å². The molecule has 0 spiro atoms. The number of anilines is 1. The van der Waals surface area contributed by atoms with Gasteiger partial charge in [-0.15, -0.1) is 0 Å². The molecule has 8 heteroatoms. The van der Waals surface area contributed by atoms with Crippen molar-refractivity contribution in [1.82, 2.24) is 14.9 Å². The first-order valence-electron chi connectivity index (χ1n) is 8.48. The lowest BCUT2D eigenvalue weighted by atomic mass is 9.97. The average molecular weight is 395 g/mol. The fraction of sp³-hybridized carbons (Fsp3) is 0.389. The number of carbonyl (C=O) groups is 1. The summed E-state index contributed by atoms with van der Waals surface area (Å²) in [6.45, 7) is 2.37. The van der Waals surface area contributed by atoms with Gasteiger partial charge in [0.15, 0.2) is 11.0 Å². The first-order chi connectivity index (χ1) is 12.6. The van der Waals surface area contributed by atoms with Crippen molar-refractivity contribution >= 4 is 35.1 Å². The zero-order valence-electron chi connectivity index (χ0n) is 14.2. The number of aromatic nitrogens is 2. The van der Waals surface area contributed by atoms with Crippen LogP contribution in [0.25, 0.3) is 0 Å². The highest BCUT2D eigenvalue weighted by Crippen LogP contribution is 2.21. The Morgan fingerprint density at radius 1 is 1.15 bits per heavy atom. The van der Waals surface area contributed by atoms with Crippen molar-refractivity contribution in [3.63, 3.8) is 0 Å². The minimum atomic E-state index is -0.275. The Kier molecular flexibility index (Phi) is 6.52. The van der Waals surface area contributed by atoms with Gasteiger partial charge >= 0.3 is 6.09 Å². The van der Waals surface area contributed by atoms with Crippen LogP contribution in [0.5, 0.6) is 0 Å². The minimum absolute atomic E-state index is 0.253. The summed E-state index contributed by atoms with van der Waals surface area (Å²) in [6.07, 6.45) is 4.69. The molecular weight excluding hydrogens is 375 g/mol. The number of ether oxygens (including phenoxy) is 1. The third-order valence-corrected chi connectivity index (χ3v) is 4.89. The van der Waals surface area contributed by atoms with E-state index in [1.165, 1.54) is 0 Å². The van der Waals surface area contributed by atoms with E-state index in [9.17, 15) is 4.79 Å². The Morgan fingerprint density at radius 2 is 1.85 bits per heavy atom. The lowest BCUT2D eigenvalue weighted by Crippen LogP contribution is -2.40. The predicted molar refractivity (Wildman–Crippen MR) is 101 cm³/mol. The van der Waals surface area contributed by atoms with Crippen LogP contribution in [0.1, 0.15) is 18.4 Å². The van der Waals surface area contributed by atoms with E-state index < -0.39 is 0 Å².